The molecule has 4 aromatic rings. The number of nitrogens with one attached hydrogen (secondary N) is 3. The topological polar surface area (TPSA) is 69.4 Å². The van der Waals surface area contributed by atoms with Gasteiger partial charge in [-0.25, -0.2) is 9.97 Å². The summed E-state index contributed by atoms with van der Waals surface area (Å²) in [7, 11) is 0. The minimum absolute atomic E-state index is 0.832. The van der Waals surface area contributed by atoms with Gasteiger partial charge in [-0.1, -0.05) is 6.07 Å². The fraction of sp³-hybridized carbons (Fsp3) is 0.300. The van der Waals surface area contributed by atoms with Crippen LogP contribution in [0.1, 0.15) is 24.2 Å². The fourth-order valence-electron chi connectivity index (χ4n) is 3.42. The summed E-state index contributed by atoms with van der Waals surface area (Å²) in [5.74, 6) is 1.80. The summed E-state index contributed by atoms with van der Waals surface area (Å²) in [5.41, 5.74) is 6.39. The van der Waals surface area contributed by atoms with E-state index in [2.05, 4.69) is 49.5 Å². The summed E-state index contributed by atoms with van der Waals surface area (Å²) in [6.45, 7) is 4.03. The molecule has 1 saturated carbocycles. The maximum atomic E-state index is 4.59. The van der Waals surface area contributed by atoms with Crippen molar-refractivity contribution in [3.63, 3.8) is 0 Å². The minimum Gasteiger partial charge on any atom is -0.354 e. The van der Waals surface area contributed by atoms with Crippen molar-refractivity contribution in [2.24, 2.45) is 5.92 Å². The molecule has 0 radical (unpaired) electrons. The lowest BCUT2D eigenvalue weighted by atomic mass is 10.1. The molecule has 1 aliphatic rings. The van der Waals surface area contributed by atoms with Gasteiger partial charge in [0.05, 0.1) is 0 Å². The number of aromatic nitrogens is 4. The van der Waals surface area contributed by atoms with Crippen molar-refractivity contribution in [2.75, 3.05) is 6.54 Å². The van der Waals surface area contributed by atoms with Crippen LogP contribution >= 0.6 is 0 Å². The number of benzene rings is 1. The maximum absolute atomic E-state index is 4.59. The highest BCUT2D eigenvalue weighted by atomic mass is 15.0. The first kappa shape index (κ1) is 14.7. The minimum atomic E-state index is 0.832. The number of rotatable bonds is 5. The Morgan fingerprint density at radius 3 is 2.96 bits per heavy atom. The maximum Gasteiger partial charge on any atom is 0.158 e. The van der Waals surface area contributed by atoms with E-state index in [9.17, 15) is 0 Å². The fourth-order valence-corrected chi connectivity index (χ4v) is 3.42. The van der Waals surface area contributed by atoms with E-state index in [0.29, 0.717) is 0 Å². The number of nitrogens with zero attached hydrogens (tertiary/aromatic N) is 2. The molecule has 0 unspecified atom stereocenters. The molecule has 25 heavy (non-hydrogen) atoms. The molecule has 1 aliphatic carbocycles. The van der Waals surface area contributed by atoms with Crippen molar-refractivity contribution in [3.8, 4) is 11.3 Å². The zero-order valence-corrected chi connectivity index (χ0v) is 14.3. The molecule has 0 bridgehead atoms. The smallest absolute Gasteiger partial charge is 0.158 e. The Kier molecular flexibility index (Phi) is 3.35. The SMILES string of the molecule is Cc1nc2c(-c3cc4cc(CNCC5CC5)ccc4[nH]3)ccnc2[nH]1. The van der Waals surface area contributed by atoms with Crippen LogP contribution in [-0.2, 0) is 6.54 Å². The predicted molar refractivity (Wildman–Crippen MR) is 100 cm³/mol. The van der Waals surface area contributed by atoms with Crippen LogP contribution in [0.15, 0.2) is 36.5 Å². The Labute approximate surface area is 145 Å². The monoisotopic (exact) mass is 331 g/mol. The zero-order valence-electron chi connectivity index (χ0n) is 14.3. The van der Waals surface area contributed by atoms with Crippen LogP contribution in [0.2, 0.25) is 0 Å². The van der Waals surface area contributed by atoms with Gasteiger partial charge in [0.1, 0.15) is 11.3 Å². The van der Waals surface area contributed by atoms with E-state index in [1.807, 2.05) is 19.2 Å². The van der Waals surface area contributed by atoms with Crippen molar-refractivity contribution in [1.29, 1.82) is 0 Å². The summed E-state index contributed by atoms with van der Waals surface area (Å²) >= 11 is 0. The Morgan fingerprint density at radius 1 is 1.16 bits per heavy atom. The molecule has 3 aromatic heterocycles. The van der Waals surface area contributed by atoms with Crippen molar-refractivity contribution < 1.29 is 0 Å². The first-order valence-electron chi connectivity index (χ1n) is 8.90. The van der Waals surface area contributed by atoms with Crippen molar-refractivity contribution in [2.45, 2.75) is 26.3 Å². The number of hydrogen-bond acceptors (Lipinski definition) is 3. The largest absolute Gasteiger partial charge is 0.354 e. The van der Waals surface area contributed by atoms with E-state index < -0.39 is 0 Å². The molecule has 3 N–H and O–H groups in total. The van der Waals surface area contributed by atoms with E-state index in [0.717, 1.165) is 52.8 Å². The molecule has 126 valence electrons. The normalized spacial score (nSPS) is 14.6. The second-order valence-corrected chi connectivity index (χ2v) is 7.06. The third-order valence-corrected chi connectivity index (χ3v) is 4.94. The molecule has 0 saturated heterocycles. The highest BCUT2D eigenvalue weighted by Gasteiger charge is 2.20. The number of aromatic amines is 2. The molecule has 0 atom stereocenters. The summed E-state index contributed by atoms with van der Waals surface area (Å²) in [5, 5.41) is 4.80. The third kappa shape index (κ3) is 2.81. The third-order valence-electron chi connectivity index (χ3n) is 4.94. The van der Waals surface area contributed by atoms with Crippen LogP contribution in [0.3, 0.4) is 0 Å². The second kappa shape index (κ2) is 5.70. The van der Waals surface area contributed by atoms with Crippen molar-refractivity contribution in [1.82, 2.24) is 25.3 Å². The molecule has 5 nitrogen and oxygen atoms in total. The summed E-state index contributed by atoms with van der Waals surface area (Å²) < 4.78 is 0. The van der Waals surface area contributed by atoms with Gasteiger partial charge in [0.2, 0.25) is 0 Å². The number of pyridine rings is 1. The average Bonchev–Trinajstić information content (AvgIpc) is 3.19. The molecule has 1 aromatic carbocycles. The quantitative estimate of drug-likeness (QED) is 0.519. The van der Waals surface area contributed by atoms with Gasteiger partial charge in [-0.3, -0.25) is 0 Å². The molecule has 5 rings (SSSR count). The van der Waals surface area contributed by atoms with Gasteiger partial charge in [-0.05, 0) is 62.1 Å². The van der Waals surface area contributed by atoms with Gasteiger partial charge in [0.25, 0.3) is 0 Å². The lowest BCUT2D eigenvalue weighted by Gasteiger charge is -2.03. The molecule has 0 amide bonds. The second-order valence-electron chi connectivity index (χ2n) is 7.06. The Hall–Kier alpha value is -2.66. The van der Waals surface area contributed by atoms with Gasteiger partial charge in [-0.2, -0.15) is 0 Å². The number of fused-ring (bicyclic) bond motifs is 2. The van der Waals surface area contributed by atoms with E-state index in [-0.39, 0.29) is 0 Å². The molecule has 1 fully saturated rings. The van der Waals surface area contributed by atoms with E-state index in [1.54, 1.807) is 0 Å². The van der Waals surface area contributed by atoms with Crippen LogP contribution in [0, 0.1) is 12.8 Å². The van der Waals surface area contributed by atoms with Crippen LogP contribution in [0.4, 0.5) is 0 Å². The lowest BCUT2D eigenvalue weighted by molar-refractivity contribution is 0.639. The Bertz CT molecular complexity index is 1050. The number of hydrogen-bond donors (Lipinski definition) is 3. The van der Waals surface area contributed by atoms with Crippen molar-refractivity contribution >= 4 is 22.1 Å². The predicted octanol–water partition coefficient (Wildman–Crippen LogP) is 3.91. The summed E-state index contributed by atoms with van der Waals surface area (Å²) in [4.78, 5) is 15.7. The van der Waals surface area contributed by atoms with E-state index in [1.165, 1.54) is 23.8 Å². The van der Waals surface area contributed by atoms with Crippen LogP contribution in [-0.4, -0.2) is 26.5 Å². The molecule has 3 heterocycles. The standard InChI is InChI=1S/C20H21N5/c1-12-23-19-16(6-7-22-20(19)24-12)18-9-15-8-14(4-5-17(15)25-18)11-21-10-13-2-3-13/h4-9,13,21,25H,2-3,10-11H2,1H3,(H,22,23,24). The highest BCUT2D eigenvalue weighted by molar-refractivity contribution is 5.94. The van der Waals surface area contributed by atoms with Gasteiger partial charge in [-0.15, -0.1) is 0 Å². The Balaban J connectivity index is 1.48. The number of imidazole rings is 1. The van der Waals surface area contributed by atoms with Gasteiger partial charge < -0.3 is 15.3 Å². The summed E-state index contributed by atoms with van der Waals surface area (Å²) in [6.07, 6.45) is 4.61. The lowest BCUT2D eigenvalue weighted by Crippen LogP contribution is -2.15. The molecular formula is C20H21N5. The van der Waals surface area contributed by atoms with E-state index >= 15 is 0 Å². The van der Waals surface area contributed by atoms with Crippen LogP contribution in [0.25, 0.3) is 33.3 Å². The summed E-state index contributed by atoms with van der Waals surface area (Å²) in [6, 6.07) is 10.9. The first-order valence-corrected chi connectivity index (χ1v) is 8.90. The number of H-pyrrole nitrogens is 2. The molecule has 0 spiro atoms. The van der Waals surface area contributed by atoms with Gasteiger partial charge in [0, 0.05) is 34.9 Å². The van der Waals surface area contributed by atoms with Gasteiger partial charge in [0.15, 0.2) is 5.65 Å². The molecular weight excluding hydrogens is 310 g/mol. The Morgan fingerprint density at radius 2 is 2.08 bits per heavy atom. The van der Waals surface area contributed by atoms with Gasteiger partial charge >= 0.3 is 0 Å². The average molecular weight is 331 g/mol. The van der Waals surface area contributed by atoms with Crippen molar-refractivity contribution in [3.05, 3.63) is 47.9 Å². The van der Waals surface area contributed by atoms with Crippen LogP contribution < -0.4 is 5.32 Å². The first-order chi connectivity index (χ1) is 12.3. The number of aryl methyl sites for hydroxylation is 1. The molecule has 0 aliphatic heterocycles. The zero-order chi connectivity index (χ0) is 16.8. The molecule has 5 heteroatoms. The van der Waals surface area contributed by atoms with Crippen LogP contribution in [0.5, 0.6) is 0 Å². The highest BCUT2D eigenvalue weighted by Crippen LogP contribution is 2.29. The van der Waals surface area contributed by atoms with E-state index in [4.69, 9.17) is 0 Å².